The molecule has 0 radical (unpaired) electrons. The zero-order valence-electron chi connectivity index (χ0n) is 26.0. The van der Waals surface area contributed by atoms with Crippen molar-refractivity contribution in [1.29, 1.82) is 0 Å². The van der Waals surface area contributed by atoms with Gasteiger partial charge in [0.1, 0.15) is 5.82 Å². The first-order chi connectivity index (χ1) is 22.4. The SMILES string of the molecule is CC(C)(C)N1[CH-]N(c2[c-]c(Oc3[c-]c4c(cc3)c3ccc5sc6ccccc6c5c3n4-c3ccccn3)ccc2)c2ccccc21.[Pt]. The van der Waals surface area contributed by atoms with E-state index in [0.717, 1.165) is 33.6 Å². The normalized spacial score (nSPS) is 13.1. The third-order valence-electron chi connectivity index (χ3n) is 8.62. The average molecular weight is 809 g/mol. The molecule has 0 aliphatic carbocycles. The van der Waals surface area contributed by atoms with Crippen LogP contribution in [0.3, 0.4) is 0 Å². The fraction of sp³-hybridized carbons (Fsp3) is 0.100. The number of rotatable bonds is 4. The first-order valence-electron chi connectivity index (χ1n) is 15.4. The zero-order chi connectivity index (χ0) is 31.0. The molecule has 234 valence electrons. The number of hydrogen-bond donors (Lipinski definition) is 0. The minimum atomic E-state index is -0.0731. The van der Waals surface area contributed by atoms with E-state index >= 15 is 0 Å². The molecule has 3 aromatic heterocycles. The monoisotopic (exact) mass is 808 g/mol. The molecule has 8 aromatic rings. The second kappa shape index (κ2) is 11.3. The van der Waals surface area contributed by atoms with Crippen LogP contribution in [0.15, 0.2) is 115 Å². The molecule has 5 nitrogen and oxygen atoms in total. The molecule has 0 unspecified atom stereocenters. The first-order valence-corrected chi connectivity index (χ1v) is 16.2. The minimum absolute atomic E-state index is 0. The maximum absolute atomic E-state index is 6.50. The Hall–Kier alpha value is -4.64. The number of hydrogen-bond acceptors (Lipinski definition) is 5. The molecule has 1 aliphatic rings. The van der Waals surface area contributed by atoms with Crippen molar-refractivity contribution in [1.82, 2.24) is 9.55 Å². The third kappa shape index (κ3) is 4.81. The van der Waals surface area contributed by atoms with Gasteiger partial charge in [0.2, 0.25) is 0 Å². The predicted octanol–water partition coefficient (Wildman–Crippen LogP) is 10.8. The summed E-state index contributed by atoms with van der Waals surface area (Å²) in [5, 5.41) is 4.76. The van der Waals surface area contributed by atoms with Crippen molar-refractivity contribution in [3.05, 3.63) is 134 Å². The molecule has 5 aromatic carbocycles. The van der Waals surface area contributed by atoms with Crippen LogP contribution in [-0.4, -0.2) is 15.1 Å². The van der Waals surface area contributed by atoms with Crippen LogP contribution < -0.4 is 14.5 Å². The van der Waals surface area contributed by atoms with Gasteiger partial charge in [-0.15, -0.1) is 52.7 Å². The van der Waals surface area contributed by atoms with Crippen LogP contribution in [0.1, 0.15) is 20.8 Å². The van der Waals surface area contributed by atoms with E-state index in [0.29, 0.717) is 11.5 Å². The summed E-state index contributed by atoms with van der Waals surface area (Å²) in [4.78, 5) is 9.27. The molecule has 0 bridgehead atoms. The molecular weight excluding hydrogens is 780 g/mol. The van der Waals surface area contributed by atoms with E-state index in [2.05, 4.69) is 133 Å². The third-order valence-corrected chi connectivity index (χ3v) is 9.75. The largest absolute Gasteiger partial charge is 0.509 e. The molecule has 0 fully saturated rings. The van der Waals surface area contributed by atoms with E-state index in [9.17, 15) is 0 Å². The van der Waals surface area contributed by atoms with Crippen molar-refractivity contribution in [2.45, 2.75) is 26.3 Å². The Labute approximate surface area is 291 Å². The van der Waals surface area contributed by atoms with Gasteiger partial charge in [-0.05, 0) is 62.6 Å². The number of aromatic nitrogens is 2. The van der Waals surface area contributed by atoms with Crippen LogP contribution in [0, 0.1) is 18.8 Å². The van der Waals surface area contributed by atoms with Gasteiger partial charge in [0, 0.05) is 75.8 Å². The maximum Gasteiger partial charge on any atom is 0.135 e. The number of nitrogens with zero attached hydrogens (tertiary/aromatic N) is 4. The summed E-state index contributed by atoms with van der Waals surface area (Å²) in [6, 6.07) is 44.9. The van der Waals surface area contributed by atoms with Crippen LogP contribution in [0.2, 0.25) is 0 Å². The standard InChI is InChI=1S/C40H29N4OS.Pt/c1-40(2,3)43-25-42(32-14-5-6-15-33(32)43)26-11-10-12-27(23-26)45-28-18-19-29-30-20-21-36-38(31-13-4-7-16-35(31)46-36)39(30)44(34(29)24-28)37-17-8-9-22-41-37;/h4-22,25H,1-3H3;/q-3;. The molecule has 0 spiro atoms. The van der Waals surface area contributed by atoms with Gasteiger partial charge in [-0.2, -0.15) is 18.8 Å². The van der Waals surface area contributed by atoms with E-state index in [-0.39, 0.29) is 26.6 Å². The number of benzene rings is 5. The van der Waals surface area contributed by atoms with Crippen LogP contribution in [0.4, 0.5) is 17.1 Å². The van der Waals surface area contributed by atoms with Gasteiger partial charge in [0.15, 0.2) is 0 Å². The molecule has 0 saturated heterocycles. The van der Waals surface area contributed by atoms with E-state index in [1.165, 1.54) is 31.2 Å². The number of para-hydroxylation sites is 2. The van der Waals surface area contributed by atoms with E-state index in [1.807, 2.05) is 47.9 Å². The molecule has 1 aliphatic heterocycles. The van der Waals surface area contributed by atoms with Gasteiger partial charge < -0.3 is 19.1 Å². The Balaban J connectivity index is 0.00000324. The quantitative estimate of drug-likeness (QED) is 0.166. The molecule has 0 saturated carbocycles. The summed E-state index contributed by atoms with van der Waals surface area (Å²) in [6.07, 6.45) is 1.84. The van der Waals surface area contributed by atoms with Crippen molar-refractivity contribution in [2.75, 3.05) is 9.80 Å². The van der Waals surface area contributed by atoms with Gasteiger partial charge in [-0.3, -0.25) is 0 Å². The summed E-state index contributed by atoms with van der Waals surface area (Å²) in [5.74, 6) is 2.09. The fourth-order valence-electron chi connectivity index (χ4n) is 6.58. The summed E-state index contributed by atoms with van der Waals surface area (Å²) < 4.78 is 11.3. The molecule has 4 heterocycles. The Kier molecular flexibility index (Phi) is 7.12. The number of anilines is 3. The fourth-order valence-corrected chi connectivity index (χ4v) is 7.69. The van der Waals surface area contributed by atoms with Gasteiger partial charge in [-0.1, -0.05) is 48.0 Å². The first kappa shape index (κ1) is 29.7. The molecule has 9 rings (SSSR count). The molecule has 0 N–H and O–H groups in total. The Morgan fingerprint density at radius 3 is 2.30 bits per heavy atom. The summed E-state index contributed by atoms with van der Waals surface area (Å²) in [6.45, 7) is 8.80. The predicted molar refractivity (Wildman–Crippen MR) is 191 cm³/mol. The average Bonchev–Trinajstić information content (AvgIpc) is 3.75. The Bertz CT molecular complexity index is 2440. The summed E-state index contributed by atoms with van der Waals surface area (Å²) >= 11 is 1.82. The molecule has 0 amide bonds. The van der Waals surface area contributed by atoms with E-state index in [4.69, 9.17) is 9.72 Å². The van der Waals surface area contributed by atoms with Crippen LogP contribution >= 0.6 is 11.3 Å². The number of thiophene rings is 1. The molecule has 0 atom stereocenters. The minimum Gasteiger partial charge on any atom is -0.509 e. The van der Waals surface area contributed by atoms with Crippen LogP contribution in [0.25, 0.3) is 47.8 Å². The Morgan fingerprint density at radius 2 is 1.47 bits per heavy atom. The number of ether oxygens (including phenoxy) is 1. The Morgan fingerprint density at radius 1 is 0.702 bits per heavy atom. The molecular formula is C40H29N4OPtS-3. The second-order valence-electron chi connectivity index (χ2n) is 12.6. The molecule has 47 heavy (non-hydrogen) atoms. The van der Waals surface area contributed by atoms with Gasteiger partial charge >= 0.3 is 0 Å². The zero-order valence-corrected chi connectivity index (χ0v) is 29.1. The van der Waals surface area contributed by atoms with Crippen molar-refractivity contribution >= 4 is 70.4 Å². The summed E-state index contributed by atoms with van der Waals surface area (Å²) in [5.41, 5.74) is 5.18. The van der Waals surface area contributed by atoms with Crippen molar-refractivity contribution in [3.8, 4) is 17.3 Å². The number of pyridine rings is 1. The van der Waals surface area contributed by atoms with E-state index < -0.39 is 0 Å². The van der Waals surface area contributed by atoms with Crippen LogP contribution in [0.5, 0.6) is 11.5 Å². The summed E-state index contributed by atoms with van der Waals surface area (Å²) in [7, 11) is 0. The van der Waals surface area contributed by atoms with Crippen molar-refractivity contribution in [3.63, 3.8) is 0 Å². The van der Waals surface area contributed by atoms with E-state index in [1.54, 1.807) is 0 Å². The molecule has 7 heteroatoms. The van der Waals surface area contributed by atoms with Crippen molar-refractivity contribution < 1.29 is 25.8 Å². The van der Waals surface area contributed by atoms with Crippen LogP contribution in [-0.2, 0) is 21.1 Å². The second-order valence-corrected chi connectivity index (χ2v) is 13.6. The van der Waals surface area contributed by atoms with Gasteiger partial charge in [-0.25, -0.2) is 4.98 Å². The maximum atomic E-state index is 6.50. The van der Waals surface area contributed by atoms with Gasteiger partial charge in [0.25, 0.3) is 0 Å². The van der Waals surface area contributed by atoms with Gasteiger partial charge in [0.05, 0.1) is 5.52 Å². The topological polar surface area (TPSA) is 33.5 Å². The number of fused-ring (bicyclic) bond motifs is 8. The van der Waals surface area contributed by atoms with Crippen molar-refractivity contribution in [2.24, 2.45) is 0 Å². The smallest absolute Gasteiger partial charge is 0.135 e.